The highest BCUT2D eigenvalue weighted by Gasteiger charge is 2.12. The van der Waals surface area contributed by atoms with E-state index in [1.54, 1.807) is 7.11 Å². The normalized spacial score (nSPS) is 10.4. The van der Waals surface area contributed by atoms with E-state index in [4.69, 9.17) is 14.0 Å². The van der Waals surface area contributed by atoms with E-state index in [2.05, 4.69) is 15.5 Å². The first-order valence-corrected chi connectivity index (χ1v) is 9.58. The summed E-state index contributed by atoms with van der Waals surface area (Å²) in [6.07, 6.45) is 0.906. The summed E-state index contributed by atoms with van der Waals surface area (Å²) in [5.74, 6) is 0.715. The summed E-state index contributed by atoms with van der Waals surface area (Å²) in [7, 11) is 1.60. The van der Waals surface area contributed by atoms with E-state index >= 15 is 0 Å². The van der Waals surface area contributed by atoms with E-state index in [1.165, 1.54) is 0 Å². The maximum absolute atomic E-state index is 11.9. The lowest BCUT2D eigenvalue weighted by atomic mass is 10.1. The second kappa shape index (κ2) is 10.8. The number of carbonyl (C=O) groups excluding carboxylic acids is 2. The Balaban J connectivity index is 1.34. The molecule has 0 fully saturated rings. The first kappa shape index (κ1) is 21.0. The second-order valence-corrected chi connectivity index (χ2v) is 6.45. The van der Waals surface area contributed by atoms with Crippen LogP contribution in [0.25, 0.3) is 11.4 Å². The van der Waals surface area contributed by atoms with Crippen molar-refractivity contribution in [3.05, 3.63) is 66.1 Å². The largest absolute Gasteiger partial charge is 0.496 e. The number of aryl methyl sites for hydroxylation is 1. The van der Waals surface area contributed by atoms with Crippen molar-refractivity contribution in [3.8, 4) is 17.1 Å². The molecular formula is C22H23N3O5. The number of esters is 1. The number of ether oxygens (including phenoxy) is 2. The number of hydrogen-bond acceptors (Lipinski definition) is 7. The first-order chi connectivity index (χ1) is 14.7. The third-order valence-electron chi connectivity index (χ3n) is 4.32. The fourth-order valence-corrected chi connectivity index (χ4v) is 2.79. The molecule has 1 aromatic heterocycles. The van der Waals surface area contributed by atoms with Crippen LogP contribution in [0, 0.1) is 0 Å². The number of aromatic nitrogens is 2. The van der Waals surface area contributed by atoms with Gasteiger partial charge >= 0.3 is 5.97 Å². The average Bonchev–Trinajstić information content (AvgIpc) is 3.26. The van der Waals surface area contributed by atoms with Gasteiger partial charge in [-0.1, -0.05) is 53.7 Å². The van der Waals surface area contributed by atoms with Gasteiger partial charge in [0.2, 0.25) is 11.7 Å². The number of para-hydroxylation sites is 1. The Hall–Kier alpha value is -3.68. The molecule has 3 aromatic rings. The van der Waals surface area contributed by atoms with E-state index in [-0.39, 0.29) is 25.4 Å². The van der Waals surface area contributed by atoms with Crippen LogP contribution in [0.1, 0.15) is 17.9 Å². The van der Waals surface area contributed by atoms with Gasteiger partial charge in [-0.2, -0.15) is 4.98 Å². The Kier molecular flexibility index (Phi) is 7.54. The molecule has 0 saturated carbocycles. The molecule has 1 amide bonds. The van der Waals surface area contributed by atoms with Gasteiger partial charge in [-0.25, -0.2) is 0 Å². The molecule has 0 atom stereocenters. The SMILES string of the molecule is COc1ccccc1CCNC(=O)COC(=O)CCc1nc(-c2ccccc2)no1. The van der Waals surface area contributed by atoms with Crippen LogP contribution < -0.4 is 10.1 Å². The Morgan fingerprint density at radius 2 is 1.80 bits per heavy atom. The van der Waals surface area contributed by atoms with Crippen molar-refractivity contribution in [2.75, 3.05) is 20.3 Å². The van der Waals surface area contributed by atoms with Gasteiger partial charge in [-0.05, 0) is 18.1 Å². The highest BCUT2D eigenvalue weighted by molar-refractivity contribution is 5.80. The van der Waals surface area contributed by atoms with Crippen molar-refractivity contribution in [2.24, 2.45) is 0 Å². The minimum Gasteiger partial charge on any atom is -0.496 e. The lowest BCUT2D eigenvalue weighted by molar-refractivity contribution is -0.148. The Morgan fingerprint density at radius 3 is 2.60 bits per heavy atom. The van der Waals surface area contributed by atoms with E-state index in [0.717, 1.165) is 16.9 Å². The van der Waals surface area contributed by atoms with E-state index in [9.17, 15) is 9.59 Å². The van der Waals surface area contributed by atoms with Gasteiger partial charge in [0.15, 0.2) is 6.61 Å². The lowest BCUT2D eigenvalue weighted by Crippen LogP contribution is -2.30. The molecule has 2 aromatic carbocycles. The predicted octanol–water partition coefficient (Wildman–Crippen LogP) is 2.58. The van der Waals surface area contributed by atoms with Crippen molar-refractivity contribution >= 4 is 11.9 Å². The molecule has 8 nitrogen and oxygen atoms in total. The van der Waals surface area contributed by atoms with Crippen molar-refractivity contribution in [3.63, 3.8) is 0 Å². The molecule has 0 saturated heterocycles. The Labute approximate surface area is 174 Å². The number of benzene rings is 2. The van der Waals surface area contributed by atoms with Crippen molar-refractivity contribution in [1.82, 2.24) is 15.5 Å². The summed E-state index contributed by atoms with van der Waals surface area (Å²) in [6.45, 7) is 0.0882. The molecule has 1 heterocycles. The lowest BCUT2D eigenvalue weighted by Gasteiger charge is -2.09. The zero-order valence-corrected chi connectivity index (χ0v) is 16.7. The van der Waals surface area contributed by atoms with E-state index in [0.29, 0.717) is 24.7 Å². The molecule has 0 bridgehead atoms. The fourth-order valence-electron chi connectivity index (χ4n) is 2.79. The van der Waals surface area contributed by atoms with Crippen LogP contribution in [0.5, 0.6) is 5.75 Å². The number of carbonyl (C=O) groups is 2. The summed E-state index contributed by atoms with van der Waals surface area (Å²) in [4.78, 5) is 28.0. The van der Waals surface area contributed by atoms with Crippen LogP contribution in [0.3, 0.4) is 0 Å². The number of nitrogens with one attached hydrogen (secondary N) is 1. The highest BCUT2D eigenvalue weighted by Crippen LogP contribution is 2.17. The first-order valence-electron chi connectivity index (χ1n) is 9.58. The van der Waals surface area contributed by atoms with Crippen LogP contribution >= 0.6 is 0 Å². The summed E-state index contributed by atoms with van der Waals surface area (Å²) in [6, 6.07) is 17.0. The zero-order valence-electron chi connectivity index (χ0n) is 16.7. The van der Waals surface area contributed by atoms with Gasteiger partial charge in [-0.3, -0.25) is 9.59 Å². The predicted molar refractivity (Wildman–Crippen MR) is 109 cm³/mol. The highest BCUT2D eigenvalue weighted by atomic mass is 16.5. The summed E-state index contributed by atoms with van der Waals surface area (Å²) >= 11 is 0. The molecule has 3 rings (SSSR count). The molecule has 1 N–H and O–H groups in total. The van der Waals surface area contributed by atoms with Gasteiger partial charge in [0, 0.05) is 18.5 Å². The van der Waals surface area contributed by atoms with Crippen LogP contribution in [-0.4, -0.2) is 42.3 Å². The molecule has 0 radical (unpaired) electrons. The van der Waals surface area contributed by atoms with Crippen LogP contribution in [0.15, 0.2) is 59.1 Å². The quantitative estimate of drug-likeness (QED) is 0.513. The van der Waals surface area contributed by atoms with Gasteiger partial charge < -0.3 is 19.3 Å². The second-order valence-electron chi connectivity index (χ2n) is 6.45. The molecule has 0 aliphatic rings. The zero-order chi connectivity index (χ0) is 21.2. The molecule has 0 unspecified atom stereocenters. The minimum atomic E-state index is -0.505. The molecule has 8 heteroatoms. The number of hydrogen-bond donors (Lipinski definition) is 1. The molecule has 0 aliphatic heterocycles. The fraction of sp³-hybridized carbons (Fsp3) is 0.273. The smallest absolute Gasteiger partial charge is 0.306 e. The van der Waals surface area contributed by atoms with Gasteiger partial charge in [0.25, 0.3) is 5.91 Å². The van der Waals surface area contributed by atoms with Crippen molar-refractivity contribution < 1.29 is 23.6 Å². The Bertz CT molecular complexity index is 972. The molecule has 0 spiro atoms. The van der Waals surface area contributed by atoms with E-state index in [1.807, 2.05) is 54.6 Å². The van der Waals surface area contributed by atoms with Crippen molar-refractivity contribution in [2.45, 2.75) is 19.3 Å². The van der Waals surface area contributed by atoms with Crippen molar-refractivity contribution in [1.29, 1.82) is 0 Å². The number of methoxy groups -OCH3 is 1. The molecular weight excluding hydrogens is 386 g/mol. The van der Waals surface area contributed by atoms with E-state index < -0.39 is 5.97 Å². The summed E-state index contributed by atoms with van der Waals surface area (Å²) in [5, 5.41) is 6.62. The van der Waals surface area contributed by atoms with Gasteiger partial charge in [0.1, 0.15) is 5.75 Å². The number of amides is 1. The van der Waals surface area contributed by atoms with Gasteiger partial charge in [-0.15, -0.1) is 0 Å². The molecule has 156 valence electrons. The molecule has 30 heavy (non-hydrogen) atoms. The maximum Gasteiger partial charge on any atom is 0.306 e. The van der Waals surface area contributed by atoms with Gasteiger partial charge in [0.05, 0.1) is 13.5 Å². The van der Waals surface area contributed by atoms with Crippen LogP contribution in [0.2, 0.25) is 0 Å². The Morgan fingerprint density at radius 1 is 1.03 bits per heavy atom. The molecule has 0 aliphatic carbocycles. The van der Waals surface area contributed by atoms with Crippen LogP contribution in [0.4, 0.5) is 0 Å². The summed E-state index contributed by atoms with van der Waals surface area (Å²) < 4.78 is 15.4. The van der Waals surface area contributed by atoms with Crippen LogP contribution in [-0.2, 0) is 27.2 Å². The maximum atomic E-state index is 11.9. The topological polar surface area (TPSA) is 104 Å². The standard InChI is InChI=1S/C22H23N3O5/c1-28-18-10-6-5-7-16(18)13-14-23-19(26)15-29-21(27)12-11-20-24-22(25-30-20)17-8-3-2-4-9-17/h2-10H,11-15H2,1H3,(H,23,26). The number of rotatable bonds is 10. The summed E-state index contributed by atoms with van der Waals surface area (Å²) in [5.41, 5.74) is 1.83. The number of nitrogens with zero attached hydrogens (tertiary/aromatic N) is 2. The third kappa shape index (κ3) is 6.16. The monoisotopic (exact) mass is 409 g/mol. The third-order valence-corrected chi connectivity index (χ3v) is 4.32. The average molecular weight is 409 g/mol. The minimum absolute atomic E-state index is 0.0465.